The van der Waals surface area contributed by atoms with E-state index in [0.717, 1.165) is 41.9 Å². The minimum absolute atomic E-state index is 0.00840. The fourth-order valence-corrected chi connectivity index (χ4v) is 5.29. The molecule has 0 bridgehead atoms. The molecule has 0 aromatic carbocycles. The molecule has 32 heavy (non-hydrogen) atoms. The first-order valence-electron chi connectivity index (χ1n) is 11.1. The highest BCUT2D eigenvalue weighted by Gasteiger charge is 2.56. The molecule has 11 heteroatoms. The van der Waals surface area contributed by atoms with Crippen LogP contribution in [-0.2, 0) is 21.4 Å². The second-order valence-electron chi connectivity index (χ2n) is 9.13. The number of hydrogen-bond acceptors (Lipinski definition) is 6. The number of nitrogens with one attached hydrogen (secondary N) is 3. The quantitative estimate of drug-likeness (QED) is 0.387. The number of amides is 5. The van der Waals surface area contributed by atoms with E-state index in [0.29, 0.717) is 12.2 Å². The fraction of sp³-hybridized carbons (Fsp3) is 0.667. The van der Waals surface area contributed by atoms with E-state index >= 15 is 0 Å². The van der Waals surface area contributed by atoms with Gasteiger partial charge in [-0.3, -0.25) is 24.0 Å². The highest BCUT2D eigenvalue weighted by molar-refractivity contribution is 8.00. The van der Waals surface area contributed by atoms with E-state index in [4.69, 9.17) is 0 Å². The number of hydrogen-bond donors (Lipinski definition) is 3. The van der Waals surface area contributed by atoms with Crippen LogP contribution < -0.4 is 16.0 Å². The summed E-state index contributed by atoms with van der Waals surface area (Å²) in [5.41, 5.74) is -0.884. The van der Waals surface area contributed by atoms with Crippen LogP contribution in [0.25, 0.3) is 0 Å². The summed E-state index contributed by atoms with van der Waals surface area (Å²) in [6.07, 6.45) is 8.61. The van der Waals surface area contributed by atoms with Gasteiger partial charge in [0.05, 0.1) is 11.9 Å². The van der Waals surface area contributed by atoms with E-state index in [2.05, 4.69) is 21.0 Å². The van der Waals surface area contributed by atoms with E-state index < -0.39 is 11.6 Å². The van der Waals surface area contributed by atoms with Crippen LogP contribution in [0.4, 0.5) is 4.79 Å². The van der Waals surface area contributed by atoms with Gasteiger partial charge in [0.2, 0.25) is 11.8 Å². The Morgan fingerprint density at radius 2 is 1.88 bits per heavy atom. The van der Waals surface area contributed by atoms with Crippen LogP contribution in [0, 0.1) is 5.92 Å². The molecule has 2 saturated carbocycles. The molecule has 0 spiro atoms. The van der Waals surface area contributed by atoms with Gasteiger partial charge in [0.15, 0.2) is 0 Å². The van der Waals surface area contributed by atoms with Gasteiger partial charge < -0.3 is 16.0 Å². The average Bonchev–Trinajstić information content (AvgIpc) is 3.48. The van der Waals surface area contributed by atoms with Gasteiger partial charge >= 0.3 is 6.03 Å². The molecule has 2 heterocycles. The monoisotopic (exact) mass is 462 g/mol. The largest absolute Gasteiger partial charge is 0.353 e. The Morgan fingerprint density at radius 3 is 2.50 bits per heavy atom. The second kappa shape index (κ2) is 9.13. The van der Waals surface area contributed by atoms with Gasteiger partial charge in [-0.1, -0.05) is 0 Å². The molecule has 3 atom stereocenters. The van der Waals surface area contributed by atoms with Crippen molar-refractivity contribution in [3.8, 4) is 0 Å². The van der Waals surface area contributed by atoms with Crippen LogP contribution in [0.2, 0.25) is 0 Å². The van der Waals surface area contributed by atoms with Crippen LogP contribution in [0.1, 0.15) is 45.4 Å². The number of carbonyl (C=O) groups is 4. The maximum Gasteiger partial charge on any atom is 0.325 e. The maximum atomic E-state index is 12.7. The summed E-state index contributed by atoms with van der Waals surface area (Å²) in [6.45, 7) is 1.46. The number of nitrogens with zero attached hydrogens (tertiary/aromatic N) is 3. The third-order valence-corrected chi connectivity index (χ3v) is 7.40. The highest BCUT2D eigenvalue weighted by atomic mass is 32.2. The van der Waals surface area contributed by atoms with Crippen molar-refractivity contribution in [1.29, 1.82) is 0 Å². The molecule has 1 saturated heterocycles. The Hall–Kier alpha value is -2.56. The maximum absolute atomic E-state index is 12.7. The van der Waals surface area contributed by atoms with Crippen molar-refractivity contribution >= 4 is 35.5 Å². The highest BCUT2D eigenvalue weighted by Crippen LogP contribution is 2.42. The lowest BCUT2D eigenvalue weighted by Crippen LogP contribution is -2.50. The van der Waals surface area contributed by atoms with Gasteiger partial charge in [-0.2, -0.15) is 5.10 Å². The van der Waals surface area contributed by atoms with E-state index in [9.17, 15) is 19.2 Å². The third kappa shape index (κ3) is 5.08. The molecule has 1 aromatic rings. The minimum Gasteiger partial charge on any atom is -0.353 e. The zero-order valence-electron chi connectivity index (χ0n) is 18.4. The number of carbonyl (C=O) groups excluding carboxylic acids is 4. The topological polar surface area (TPSA) is 125 Å². The molecule has 4 rings (SSSR count). The van der Waals surface area contributed by atoms with Crippen LogP contribution in [-0.4, -0.2) is 68.4 Å². The molecule has 3 aliphatic rings. The summed E-state index contributed by atoms with van der Waals surface area (Å²) in [7, 11) is 1.83. The number of thioether (sulfide) groups is 1. The lowest BCUT2D eigenvalue weighted by Gasteiger charge is -2.30. The van der Waals surface area contributed by atoms with E-state index in [1.54, 1.807) is 17.8 Å². The number of rotatable bonds is 8. The average molecular weight is 463 g/mol. The number of urea groups is 1. The lowest BCUT2D eigenvalue weighted by atomic mass is 9.91. The Kier molecular flexibility index (Phi) is 6.45. The summed E-state index contributed by atoms with van der Waals surface area (Å²) in [6, 6.07) is -0.603. The van der Waals surface area contributed by atoms with Crippen LogP contribution in [0.15, 0.2) is 17.3 Å². The summed E-state index contributed by atoms with van der Waals surface area (Å²) in [5, 5.41) is 12.8. The molecule has 10 nitrogen and oxygen atoms in total. The summed E-state index contributed by atoms with van der Waals surface area (Å²) < 4.78 is 1.69. The van der Waals surface area contributed by atoms with Crippen molar-refractivity contribution in [2.24, 2.45) is 13.0 Å². The van der Waals surface area contributed by atoms with Gasteiger partial charge in [0, 0.05) is 30.2 Å². The smallest absolute Gasteiger partial charge is 0.325 e. The zero-order chi connectivity index (χ0) is 22.9. The predicted octanol–water partition coefficient (Wildman–Crippen LogP) is 0.776. The normalized spacial score (nSPS) is 27.9. The van der Waals surface area contributed by atoms with Crippen LogP contribution >= 0.6 is 11.8 Å². The van der Waals surface area contributed by atoms with Crippen molar-refractivity contribution in [2.45, 2.75) is 68.0 Å². The Bertz CT molecular complexity index is 916. The molecule has 0 radical (unpaired) electrons. The van der Waals surface area contributed by atoms with Gasteiger partial charge in [-0.25, -0.2) is 4.79 Å². The first kappa shape index (κ1) is 22.6. The van der Waals surface area contributed by atoms with E-state index in [1.165, 1.54) is 11.8 Å². The second-order valence-corrected chi connectivity index (χ2v) is 10.2. The predicted molar refractivity (Wildman–Crippen MR) is 118 cm³/mol. The zero-order valence-corrected chi connectivity index (χ0v) is 19.2. The Labute approximate surface area is 191 Å². The van der Waals surface area contributed by atoms with E-state index in [1.807, 2.05) is 13.2 Å². The van der Waals surface area contributed by atoms with Gasteiger partial charge in [0.1, 0.15) is 12.1 Å². The number of aromatic nitrogens is 2. The number of aryl methyl sites for hydroxylation is 1. The molecule has 1 aromatic heterocycles. The molecule has 3 unspecified atom stereocenters. The van der Waals surface area contributed by atoms with Crippen molar-refractivity contribution in [3.05, 3.63) is 12.4 Å². The van der Waals surface area contributed by atoms with Crippen molar-refractivity contribution in [3.63, 3.8) is 0 Å². The first-order chi connectivity index (χ1) is 15.2. The van der Waals surface area contributed by atoms with Crippen molar-refractivity contribution in [2.75, 3.05) is 12.3 Å². The molecule has 3 fully saturated rings. The number of imide groups is 1. The van der Waals surface area contributed by atoms with Gasteiger partial charge in [-0.15, -0.1) is 11.8 Å². The van der Waals surface area contributed by atoms with Gasteiger partial charge in [0.25, 0.3) is 5.91 Å². The van der Waals surface area contributed by atoms with Crippen LogP contribution in [0.5, 0.6) is 0 Å². The first-order valence-corrected chi connectivity index (χ1v) is 12.1. The summed E-state index contributed by atoms with van der Waals surface area (Å²) in [5.74, 6) is -0.246. The molecular weight excluding hydrogens is 432 g/mol. The van der Waals surface area contributed by atoms with E-state index in [-0.39, 0.29) is 42.3 Å². The molecule has 3 N–H and O–H groups in total. The molecular formula is C21H30N6O4S. The van der Waals surface area contributed by atoms with Crippen LogP contribution in [0.3, 0.4) is 0 Å². The Morgan fingerprint density at radius 1 is 1.19 bits per heavy atom. The minimum atomic E-state index is -0.884. The van der Waals surface area contributed by atoms with Crippen molar-refractivity contribution in [1.82, 2.24) is 30.6 Å². The lowest BCUT2D eigenvalue weighted by molar-refractivity contribution is -0.135. The fourth-order valence-electron chi connectivity index (χ4n) is 4.56. The van der Waals surface area contributed by atoms with Crippen molar-refractivity contribution < 1.29 is 19.2 Å². The SMILES string of the molecule is Cn1cc(SCC(=O)NC2CCCC(NC(=O)CN3C(=O)NC(C)(C4CC4)C3=O)C2)cn1. The molecule has 5 amide bonds. The Balaban J connectivity index is 1.22. The standard InChI is InChI=1S/C21H30N6O4S/c1-21(13-6-7-13)19(30)27(20(31)25-21)11-17(28)23-14-4-3-5-15(8-14)24-18(29)12-32-16-9-22-26(2)10-16/h9-10,13-15H,3-8,11-12H2,1-2H3,(H,23,28)(H,24,29)(H,25,31). The summed E-state index contributed by atoms with van der Waals surface area (Å²) >= 11 is 1.43. The molecule has 174 valence electrons. The molecule has 2 aliphatic carbocycles. The van der Waals surface area contributed by atoms with Gasteiger partial charge in [-0.05, 0) is 51.4 Å². The molecule has 1 aliphatic heterocycles. The summed E-state index contributed by atoms with van der Waals surface area (Å²) in [4.78, 5) is 51.8. The third-order valence-electron chi connectivity index (χ3n) is 6.45.